The Balaban J connectivity index is 1.41. The van der Waals surface area contributed by atoms with Crippen LogP contribution in [0.25, 0.3) is 21.9 Å². The molecule has 2 aromatic heterocycles. The average Bonchev–Trinajstić information content (AvgIpc) is 3.16. The molecule has 0 atom stereocenters. The van der Waals surface area contributed by atoms with Gasteiger partial charge in [0.1, 0.15) is 24.7 Å². The molecule has 0 spiro atoms. The Morgan fingerprint density at radius 2 is 1.71 bits per heavy atom. The van der Waals surface area contributed by atoms with Gasteiger partial charge in [-0.3, -0.25) is 9.78 Å². The van der Waals surface area contributed by atoms with Crippen molar-refractivity contribution >= 4 is 33.5 Å². The van der Waals surface area contributed by atoms with Gasteiger partial charge in [0.15, 0.2) is 0 Å². The molecule has 0 aliphatic carbocycles. The Morgan fingerprint density at radius 1 is 0.903 bits per heavy atom. The maximum atomic E-state index is 13.0. The minimum absolute atomic E-state index is 0.122. The van der Waals surface area contributed by atoms with Crippen LogP contribution in [0, 0.1) is 0 Å². The first-order valence-corrected chi connectivity index (χ1v) is 10.0. The van der Waals surface area contributed by atoms with Crippen LogP contribution in [0.1, 0.15) is 5.82 Å². The van der Waals surface area contributed by atoms with Crippen LogP contribution in [-0.4, -0.2) is 20.4 Å². The molecule has 3 aromatic carbocycles. The fourth-order valence-electron chi connectivity index (χ4n) is 3.62. The van der Waals surface area contributed by atoms with Crippen molar-refractivity contribution in [1.29, 1.82) is 0 Å². The summed E-state index contributed by atoms with van der Waals surface area (Å²) in [6, 6.07) is 26.9. The van der Waals surface area contributed by atoms with E-state index in [0.717, 1.165) is 27.7 Å². The summed E-state index contributed by atoms with van der Waals surface area (Å²) < 4.78 is 7.79. The molecular weight excluding hydrogens is 388 g/mol. The number of rotatable bonds is 6. The monoisotopic (exact) mass is 408 g/mol. The SMILES string of the molecule is O=C(Cn1c(COc2ccccc2)nc2ccccc21)Nc1cccc2cccnc12. The van der Waals surface area contributed by atoms with Crippen LogP contribution in [0.4, 0.5) is 5.69 Å². The highest BCUT2D eigenvalue weighted by molar-refractivity contribution is 6.00. The second-order valence-corrected chi connectivity index (χ2v) is 7.13. The quantitative estimate of drug-likeness (QED) is 0.438. The standard InChI is InChI=1S/C25H20N4O2/c30-24(28-21-13-6-8-18-9-7-15-26-25(18)21)16-29-22-14-5-4-12-20(22)27-23(29)17-31-19-10-2-1-3-11-19/h1-15H,16-17H2,(H,28,30). The zero-order valence-electron chi connectivity index (χ0n) is 16.7. The molecule has 2 heterocycles. The minimum Gasteiger partial charge on any atom is -0.486 e. The van der Waals surface area contributed by atoms with Gasteiger partial charge in [-0.2, -0.15) is 0 Å². The lowest BCUT2D eigenvalue weighted by molar-refractivity contribution is -0.116. The summed E-state index contributed by atoms with van der Waals surface area (Å²) in [7, 11) is 0. The third-order valence-corrected chi connectivity index (χ3v) is 5.05. The van der Waals surface area contributed by atoms with Gasteiger partial charge in [-0.15, -0.1) is 0 Å². The highest BCUT2D eigenvalue weighted by atomic mass is 16.5. The smallest absolute Gasteiger partial charge is 0.244 e. The van der Waals surface area contributed by atoms with Crippen LogP contribution in [0.15, 0.2) is 91.1 Å². The first-order valence-electron chi connectivity index (χ1n) is 10.0. The summed E-state index contributed by atoms with van der Waals surface area (Å²) in [6.07, 6.45) is 1.72. The fraction of sp³-hybridized carbons (Fsp3) is 0.0800. The second kappa shape index (κ2) is 8.28. The van der Waals surface area contributed by atoms with E-state index in [1.807, 2.05) is 89.5 Å². The predicted octanol–water partition coefficient (Wildman–Crippen LogP) is 4.80. The number of anilines is 1. The number of amides is 1. The van der Waals surface area contributed by atoms with Gasteiger partial charge in [-0.05, 0) is 36.4 Å². The van der Waals surface area contributed by atoms with Crippen LogP contribution >= 0.6 is 0 Å². The maximum Gasteiger partial charge on any atom is 0.244 e. The van der Waals surface area contributed by atoms with E-state index in [4.69, 9.17) is 4.74 Å². The van der Waals surface area contributed by atoms with Crippen molar-refractivity contribution < 1.29 is 9.53 Å². The predicted molar refractivity (Wildman–Crippen MR) is 121 cm³/mol. The number of hydrogen-bond acceptors (Lipinski definition) is 4. The molecule has 0 aliphatic heterocycles. The lowest BCUT2D eigenvalue weighted by Crippen LogP contribution is -2.21. The van der Waals surface area contributed by atoms with Gasteiger partial charge in [0, 0.05) is 11.6 Å². The normalized spacial score (nSPS) is 11.0. The maximum absolute atomic E-state index is 13.0. The van der Waals surface area contributed by atoms with Crippen molar-refractivity contribution in [2.24, 2.45) is 0 Å². The number of imidazole rings is 1. The van der Waals surface area contributed by atoms with Crippen LogP contribution < -0.4 is 10.1 Å². The van der Waals surface area contributed by atoms with Crippen LogP contribution in [0.2, 0.25) is 0 Å². The zero-order chi connectivity index (χ0) is 21.0. The molecule has 0 fully saturated rings. The van der Waals surface area contributed by atoms with Crippen molar-refractivity contribution in [3.63, 3.8) is 0 Å². The summed E-state index contributed by atoms with van der Waals surface area (Å²) in [6.45, 7) is 0.388. The highest BCUT2D eigenvalue weighted by Gasteiger charge is 2.15. The van der Waals surface area contributed by atoms with Crippen molar-refractivity contribution in [2.75, 3.05) is 5.32 Å². The highest BCUT2D eigenvalue weighted by Crippen LogP contribution is 2.22. The minimum atomic E-state index is -0.151. The number of hydrogen-bond donors (Lipinski definition) is 1. The Labute approximate surface area is 179 Å². The molecule has 31 heavy (non-hydrogen) atoms. The Hall–Kier alpha value is -4.19. The number of nitrogens with zero attached hydrogens (tertiary/aromatic N) is 3. The van der Waals surface area contributed by atoms with E-state index >= 15 is 0 Å². The summed E-state index contributed by atoms with van der Waals surface area (Å²) in [5.74, 6) is 1.30. The van der Waals surface area contributed by atoms with Gasteiger partial charge in [-0.1, -0.05) is 48.5 Å². The molecule has 5 aromatic rings. The molecule has 0 unspecified atom stereocenters. The number of carbonyl (C=O) groups is 1. The number of ether oxygens (including phenoxy) is 1. The van der Waals surface area contributed by atoms with Gasteiger partial charge >= 0.3 is 0 Å². The summed E-state index contributed by atoms with van der Waals surface area (Å²) >= 11 is 0. The van der Waals surface area contributed by atoms with Gasteiger partial charge in [0.25, 0.3) is 0 Å². The molecule has 1 amide bonds. The summed E-state index contributed by atoms with van der Waals surface area (Å²) in [5.41, 5.74) is 3.17. The van der Waals surface area contributed by atoms with Crippen LogP contribution in [-0.2, 0) is 17.9 Å². The van der Waals surface area contributed by atoms with Gasteiger partial charge in [0.05, 0.1) is 22.2 Å². The number of para-hydroxylation sites is 4. The van der Waals surface area contributed by atoms with E-state index in [9.17, 15) is 4.79 Å². The lowest BCUT2D eigenvalue weighted by atomic mass is 10.2. The second-order valence-electron chi connectivity index (χ2n) is 7.13. The topological polar surface area (TPSA) is 69.0 Å². The van der Waals surface area contributed by atoms with Gasteiger partial charge < -0.3 is 14.6 Å². The van der Waals surface area contributed by atoms with Crippen molar-refractivity contribution in [2.45, 2.75) is 13.2 Å². The molecule has 152 valence electrons. The molecule has 0 saturated carbocycles. The van der Waals surface area contributed by atoms with E-state index in [2.05, 4.69) is 15.3 Å². The molecule has 0 bridgehead atoms. The summed E-state index contributed by atoms with van der Waals surface area (Å²) in [4.78, 5) is 22.1. The largest absolute Gasteiger partial charge is 0.486 e. The van der Waals surface area contributed by atoms with E-state index in [0.29, 0.717) is 11.5 Å². The molecule has 0 aliphatic rings. The molecule has 0 saturated heterocycles. The van der Waals surface area contributed by atoms with E-state index in [-0.39, 0.29) is 19.1 Å². The first kappa shape index (κ1) is 18.8. The molecular formula is C25H20N4O2. The zero-order valence-corrected chi connectivity index (χ0v) is 16.7. The van der Waals surface area contributed by atoms with Gasteiger partial charge in [0.2, 0.25) is 5.91 Å². The van der Waals surface area contributed by atoms with Crippen LogP contribution in [0.3, 0.4) is 0 Å². The fourth-order valence-corrected chi connectivity index (χ4v) is 3.62. The Morgan fingerprint density at radius 3 is 2.61 bits per heavy atom. The Kier molecular flexibility index (Phi) is 5.02. The van der Waals surface area contributed by atoms with Crippen molar-refractivity contribution in [1.82, 2.24) is 14.5 Å². The van der Waals surface area contributed by atoms with Gasteiger partial charge in [-0.25, -0.2) is 4.98 Å². The number of benzene rings is 3. The molecule has 6 heteroatoms. The lowest BCUT2D eigenvalue weighted by Gasteiger charge is -2.12. The van der Waals surface area contributed by atoms with E-state index in [1.54, 1.807) is 6.20 Å². The van der Waals surface area contributed by atoms with Crippen molar-refractivity contribution in [3.05, 3.63) is 97.0 Å². The van der Waals surface area contributed by atoms with Crippen LogP contribution in [0.5, 0.6) is 5.75 Å². The number of aromatic nitrogens is 3. The Bertz CT molecular complexity index is 1360. The number of carbonyl (C=O) groups excluding carboxylic acids is 1. The third kappa shape index (κ3) is 3.96. The third-order valence-electron chi connectivity index (χ3n) is 5.05. The molecule has 0 radical (unpaired) electrons. The van der Waals surface area contributed by atoms with E-state index < -0.39 is 0 Å². The molecule has 6 nitrogen and oxygen atoms in total. The van der Waals surface area contributed by atoms with Crippen molar-refractivity contribution in [3.8, 4) is 5.75 Å². The number of fused-ring (bicyclic) bond motifs is 2. The number of pyridine rings is 1. The number of nitrogens with one attached hydrogen (secondary N) is 1. The molecule has 1 N–H and O–H groups in total. The summed E-state index contributed by atoms with van der Waals surface area (Å²) in [5, 5.41) is 3.98. The first-order chi connectivity index (χ1) is 15.3. The average molecular weight is 408 g/mol. The van der Waals surface area contributed by atoms with E-state index in [1.165, 1.54) is 0 Å². The molecule has 5 rings (SSSR count).